The summed E-state index contributed by atoms with van der Waals surface area (Å²) in [6, 6.07) is 19.0. The highest BCUT2D eigenvalue weighted by Gasteiger charge is 2.32. The molecule has 8 heteroatoms. The monoisotopic (exact) mass is 549 g/mol. The first kappa shape index (κ1) is 29.9. The molecule has 1 N–H and O–H groups in total. The van der Waals surface area contributed by atoms with E-state index in [1.807, 2.05) is 65.0 Å². The lowest BCUT2D eigenvalue weighted by molar-refractivity contribution is -0.139. The molecule has 3 rings (SSSR count). The van der Waals surface area contributed by atoms with Crippen LogP contribution in [0, 0.1) is 27.7 Å². The molecule has 208 valence electrons. The summed E-state index contributed by atoms with van der Waals surface area (Å²) in [5.74, 6) is -0.748. The smallest absolute Gasteiger partial charge is 0.264 e. The molecular weight excluding hydrogens is 510 g/mol. The van der Waals surface area contributed by atoms with Gasteiger partial charge < -0.3 is 10.2 Å². The Kier molecular flexibility index (Phi) is 9.92. The van der Waals surface area contributed by atoms with Gasteiger partial charge in [-0.05, 0) is 82.0 Å². The molecule has 0 fully saturated rings. The van der Waals surface area contributed by atoms with E-state index in [9.17, 15) is 18.0 Å². The van der Waals surface area contributed by atoms with Gasteiger partial charge in [0.2, 0.25) is 11.8 Å². The first-order valence-corrected chi connectivity index (χ1v) is 14.7. The molecule has 0 saturated carbocycles. The molecular formula is C31H39N3O4S. The minimum Gasteiger partial charge on any atom is -0.354 e. The lowest BCUT2D eigenvalue weighted by atomic mass is 10.1. The van der Waals surface area contributed by atoms with Gasteiger partial charge in [-0.1, -0.05) is 60.5 Å². The van der Waals surface area contributed by atoms with Crippen LogP contribution in [-0.4, -0.2) is 44.3 Å². The van der Waals surface area contributed by atoms with E-state index < -0.39 is 28.5 Å². The van der Waals surface area contributed by atoms with Crippen LogP contribution in [-0.2, 0) is 26.2 Å². The summed E-state index contributed by atoms with van der Waals surface area (Å²) in [7, 11) is -4.09. The fourth-order valence-corrected chi connectivity index (χ4v) is 5.84. The zero-order chi connectivity index (χ0) is 28.7. The van der Waals surface area contributed by atoms with Gasteiger partial charge in [0.1, 0.15) is 12.6 Å². The second kappa shape index (κ2) is 12.9. The number of hydrogen-bond acceptors (Lipinski definition) is 4. The van der Waals surface area contributed by atoms with E-state index in [2.05, 4.69) is 5.32 Å². The van der Waals surface area contributed by atoms with Crippen LogP contribution in [0.4, 0.5) is 5.69 Å². The van der Waals surface area contributed by atoms with Gasteiger partial charge in [0.25, 0.3) is 10.0 Å². The molecule has 0 aliphatic carbocycles. The Hall–Kier alpha value is -3.65. The van der Waals surface area contributed by atoms with Crippen molar-refractivity contribution in [2.45, 2.75) is 65.4 Å². The summed E-state index contributed by atoms with van der Waals surface area (Å²) in [6.45, 7) is 11.5. The number of benzene rings is 3. The number of carbonyl (C=O) groups is 2. The van der Waals surface area contributed by atoms with Crippen LogP contribution in [0.5, 0.6) is 0 Å². The summed E-state index contributed by atoms with van der Waals surface area (Å²) >= 11 is 0. The number of sulfonamides is 1. The van der Waals surface area contributed by atoms with Gasteiger partial charge in [-0.15, -0.1) is 0 Å². The predicted octanol–water partition coefficient (Wildman–Crippen LogP) is 5.06. The molecule has 0 spiro atoms. The molecule has 0 aliphatic rings. The Balaban J connectivity index is 2.05. The maximum absolute atomic E-state index is 14.0. The first-order chi connectivity index (χ1) is 18.4. The Labute approximate surface area is 232 Å². The average molecular weight is 550 g/mol. The van der Waals surface area contributed by atoms with Crippen LogP contribution >= 0.6 is 0 Å². The van der Waals surface area contributed by atoms with Crippen molar-refractivity contribution in [1.29, 1.82) is 0 Å². The maximum Gasteiger partial charge on any atom is 0.264 e. The van der Waals surface area contributed by atoms with Crippen LogP contribution in [0.1, 0.15) is 48.1 Å². The van der Waals surface area contributed by atoms with Crippen LogP contribution in [0.2, 0.25) is 0 Å². The van der Waals surface area contributed by atoms with Gasteiger partial charge in [0.05, 0.1) is 10.6 Å². The molecule has 3 aromatic carbocycles. The highest BCUT2D eigenvalue weighted by atomic mass is 32.2. The Morgan fingerprint density at radius 1 is 0.846 bits per heavy atom. The van der Waals surface area contributed by atoms with E-state index in [1.165, 1.54) is 4.90 Å². The second-order valence-electron chi connectivity index (χ2n) is 10.1. The lowest BCUT2D eigenvalue weighted by Crippen LogP contribution is -2.51. The Morgan fingerprint density at radius 3 is 2.08 bits per heavy atom. The number of hydrogen-bond donors (Lipinski definition) is 1. The highest BCUT2D eigenvalue weighted by Crippen LogP contribution is 2.27. The molecule has 3 aromatic rings. The van der Waals surface area contributed by atoms with Crippen LogP contribution < -0.4 is 9.62 Å². The van der Waals surface area contributed by atoms with E-state index in [0.717, 1.165) is 38.5 Å². The molecule has 39 heavy (non-hydrogen) atoms. The number of rotatable bonds is 11. The van der Waals surface area contributed by atoms with Gasteiger partial charge in [-0.25, -0.2) is 8.42 Å². The minimum atomic E-state index is -4.09. The Morgan fingerprint density at radius 2 is 1.49 bits per heavy atom. The summed E-state index contributed by atoms with van der Waals surface area (Å²) in [4.78, 5) is 28.5. The van der Waals surface area contributed by atoms with Crippen molar-refractivity contribution in [1.82, 2.24) is 10.2 Å². The van der Waals surface area contributed by atoms with E-state index in [1.54, 1.807) is 43.3 Å². The van der Waals surface area contributed by atoms with E-state index in [4.69, 9.17) is 0 Å². The number of aryl methyl sites for hydroxylation is 4. The van der Waals surface area contributed by atoms with Crippen molar-refractivity contribution in [2.75, 3.05) is 17.4 Å². The van der Waals surface area contributed by atoms with E-state index in [0.29, 0.717) is 12.2 Å². The number of amides is 2. The summed E-state index contributed by atoms with van der Waals surface area (Å²) in [5.41, 5.74) is 4.98. The lowest BCUT2D eigenvalue weighted by Gasteiger charge is -2.32. The van der Waals surface area contributed by atoms with Crippen molar-refractivity contribution < 1.29 is 18.0 Å². The molecule has 1 atom stereocenters. The average Bonchev–Trinajstić information content (AvgIpc) is 2.88. The number of anilines is 1. The molecule has 0 saturated heterocycles. The highest BCUT2D eigenvalue weighted by molar-refractivity contribution is 7.92. The van der Waals surface area contributed by atoms with Crippen LogP contribution in [0.15, 0.2) is 71.6 Å². The maximum atomic E-state index is 14.0. The van der Waals surface area contributed by atoms with E-state index in [-0.39, 0.29) is 17.3 Å². The van der Waals surface area contributed by atoms with Gasteiger partial charge >= 0.3 is 0 Å². The quantitative estimate of drug-likeness (QED) is 0.362. The van der Waals surface area contributed by atoms with Gasteiger partial charge in [0, 0.05) is 13.1 Å². The summed E-state index contributed by atoms with van der Waals surface area (Å²) in [5, 5.41) is 2.86. The first-order valence-electron chi connectivity index (χ1n) is 13.2. The molecule has 0 aliphatic heterocycles. The third-order valence-electron chi connectivity index (χ3n) is 6.53. The number of nitrogens with zero attached hydrogens (tertiary/aromatic N) is 2. The molecule has 0 bridgehead atoms. The molecule has 2 amide bonds. The largest absolute Gasteiger partial charge is 0.354 e. The normalized spacial score (nSPS) is 12.1. The fraction of sp³-hybridized carbons (Fsp3) is 0.355. The zero-order valence-electron chi connectivity index (χ0n) is 23.7. The topological polar surface area (TPSA) is 86.8 Å². The molecule has 0 aromatic heterocycles. The van der Waals surface area contributed by atoms with Crippen molar-refractivity contribution >= 4 is 27.5 Å². The van der Waals surface area contributed by atoms with E-state index >= 15 is 0 Å². The van der Waals surface area contributed by atoms with Gasteiger partial charge in [0.15, 0.2) is 0 Å². The number of carbonyl (C=O) groups excluding carboxylic acids is 2. The van der Waals surface area contributed by atoms with Crippen molar-refractivity contribution in [2.24, 2.45) is 0 Å². The van der Waals surface area contributed by atoms with Gasteiger partial charge in [-0.2, -0.15) is 0 Å². The third kappa shape index (κ3) is 7.69. The summed E-state index contributed by atoms with van der Waals surface area (Å²) in [6.07, 6.45) is 0.763. The third-order valence-corrected chi connectivity index (χ3v) is 8.32. The van der Waals surface area contributed by atoms with Crippen LogP contribution in [0.25, 0.3) is 0 Å². The van der Waals surface area contributed by atoms with Crippen molar-refractivity contribution in [3.05, 3.63) is 94.5 Å². The van der Waals surface area contributed by atoms with Crippen molar-refractivity contribution in [3.63, 3.8) is 0 Å². The van der Waals surface area contributed by atoms with Gasteiger partial charge in [-0.3, -0.25) is 13.9 Å². The standard InChI is InChI=1S/C31H39N3O4S/c1-7-15-32-31(36)26(6)33(20-27-10-8-9-23(3)17-27)30(35)21-34(28-18-24(4)16-25(5)19-28)39(37,38)29-13-11-22(2)12-14-29/h8-14,16-19,26H,7,15,20-21H2,1-6H3,(H,32,36)/t26-/m0/s1. The molecule has 0 unspecified atom stereocenters. The molecule has 0 heterocycles. The Bertz CT molecular complexity index is 1400. The second-order valence-corrected chi connectivity index (χ2v) is 12.0. The zero-order valence-corrected chi connectivity index (χ0v) is 24.5. The molecule has 7 nitrogen and oxygen atoms in total. The molecule has 0 radical (unpaired) electrons. The SMILES string of the molecule is CCCNC(=O)[C@H](C)N(Cc1cccc(C)c1)C(=O)CN(c1cc(C)cc(C)c1)S(=O)(=O)c1ccc(C)cc1. The van der Waals surface area contributed by atoms with Crippen LogP contribution in [0.3, 0.4) is 0 Å². The summed E-state index contributed by atoms with van der Waals surface area (Å²) < 4.78 is 29.1. The predicted molar refractivity (Wildman–Crippen MR) is 156 cm³/mol. The minimum absolute atomic E-state index is 0.0963. The fourth-order valence-electron chi connectivity index (χ4n) is 4.45. The number of nitrogens with one attached hydrogen (secondary N) is 1. The van der Waals surface area contributed by atoms with Crippen molar-refractivity contribution in [3.8, 4) is 0 Å².